The summed E-state index contributed by atoms with van der Waals surface area (Å²) >= 11 is 0. The largest absolute Gasteiger partial charge is 0.535 e. The predicted molar refractivity (Wildman–Crippen MR) is 124 cm³/mol. The van der Waals surface area contributed by atoms with Crippen LogP contribution >= 0.6 is 0 Å². The van der Waals surface area contributed by atoms with Gasteiger partial charge in [-0.3, -0.25) is 4.79 Å². The summed E-state index contributed by atoms with van der Waals surface area (Å²) in [5.41, 5.74) is 2.36. The summed E-state index contributed by atoms with van der Waals surface area (Å²) in [5.74, 6) is -1.76. The number of nitrogens with one attached hydrogen (secondary N) is 1. The third-order valence-corrected chi connectivity index (χ3v) is 6.17. The van der Waals surface area contributed by atoms with Crippen LogP contribution in [0.1, 0.15) is 22.3 Å². The van der Waals surface area contributed by atoms with Gasteiger partial charge in [0, 0.05) is 50.8 Å². The molecule has 10 heteroatoms. The molecule has 172 valence electrons. The molecule has 0 radical (unpaired) electrons. The van der Waals surface area contributed by atoms with Crippen LogP contribution in [-0.4, -0.2) is 67.1 Å². The summed E-state index contributed by atoms with van der Waals surface area (Å²) < 4.78 is 5.46. The van der Waals surface area contributed by atoms with Crippen LogP contribution in [0.3, 0.4) is 0 Å². The Kier molecular flexibility index (Phi) is 6.28. The third kappa shape index (κ3) is 4.80. The van der Waals surface area contributed by atoms with Gasteiger partial charge in [-0.2, -0.15) is 0 Å². The fourth-order valence-electron chi connectivity index (χ4n) is 4.14. The number of hydrogen-bond donors (Lipinski definition) is 3. The second-order valence-electron chi connectivity index (χ2n) is 8.72. The van der Waals surface area contributed by atoms with Crippen molar-refractivity contribution >= 4 is 36.3 Å². The summed E-state index contributed by atoms with van der Waals surface area (Å²) in [6.45, 7) is 0.647. The number of carbonyl (C=O) groups is 3. The van der Waals surface area contributed by atoms with Gasteiger partial charge in [-0.25, -0.2) is 9.59 Å². The van der Waals surface area contributed by atoms with Gasteiger partial charge in [0.25, 0.3) is 0 Å². The topological polar surface area (TPSA) is 119 Å². The summed E-state index contributed by atoms with van der Waals surface area (Å²) in [6, 6.07) is 12.0. The maximum atomic E-state index is 12.7. The number of carboxylic acids is 1. The molecule has 0 bridgehead atoms. The fraction of sp³-hybridized carbons (Fsp3) is 0.348. The summed E-state index contributed by atoms with van der Waals surface area (Å²) in [4.78, 5) is 40.1. The van der Waals surface area contributed by atoms with E-state index < -0.39 is 18.9 Å². The van der Waals surface area contributed by atoms with Gasteiger partial charge in [0.1, 0.15) is 11.5 Å². The first-order valence-corrected chi connectivity index (χ1v) is 10.8. The van der Waals surface area contributed by atoms with Gasteiger partial charge in [0.05, 0.1) is 11.5 Å². The number of Topliss-reactive ketones (excluding diaryl/α,β-unsaturated/α-hetero) is 1. The lowest BCUT2D eigenvalue weighted by atomic mass is 9.63. The molecule has 1 atom stereocenters. The Labute approximate surface area is 192 Å². The van der Waals surface area contributed by atoms with E-state index >= 15 is 0 Å². The molecule has 0 unspecified atom stereocenters. The number of anilines is 2. The molecule has 2 aromatic rings. The summed E-state index contributed by atoms with van der Waals surface area (Å²) in [6.07, 6.45) is 0.452. The van der Waals surface area contributed by atoms with Crippen LogP contribution in [-0.2, 0) is 11.2 Å². The molecule has 0 spiro atoms. The number of fused-ring (bicyclic) bond motifs is 1. The van der Waals surface area contributed by atoms with E-state index in [4.69, 9.17) is 4.65 Å². The molecule has 0 aromatic heterocycles. The number of aromatic carboxylic acids is 1. The van der Waals surface area contributed by atoms with E-state index in [1.54, 1.807) is 17.0 Å². The maximum Gasteiger partial charge on any atom is 0.526 e. The van der Waals surface area contributed by atoms with Crippen molar-refractivity contribution in [2.24, 2.45) is 5.92 Å². The highest BCUT2D eigenvalue weighted by molar-refractivity contribution is 6.47. The smallest absolute Gasteiger partial charge is 0.526 e. The molecule has 4 rings (SSSR count). The van der Waals surface area contributed by atoms with E-state index in [9.17, 15) is 24.5 Å². The van der Waals surface area contributed by atoms with Gasteiger partial charge in [-0.05, 0) is 42.3 Å². The van der Waals surface area contributed by atoms with Crippen LogP contribution < -0.4 is 14.9 Å². The molecule has 33 heavy (non-hydrogen) atoms. The Balaban J connectivity index is 1.29. The first-order chi connectivity index (χ1) is 15.7. The molecule has 2 aromatic carbocycles. The highest BCUT2D eigenvalue weighted by Crippen LogP contribution is 2.37. The van der Waals surface area contributed by atoms with E-state index in [0.29, 0.717) is 30.8 Å². The predicted octanol–water partition coefficient (Wildman–Crippen LogP) is 2.36. The van der Waals surface area contributed by atoms with Crippen molar-refractivity contribution in [3.8, 4) is 5.75 Å². The van der Waals surface area contributed by atoms with Gasteiger partial charge in [0.2, 0.25) is 0 Å². The lowest BCUT2D eigenvalue weighted by Gasteiger charge is -2.39. The van der Waals surface area contributed by atoms with Crippen LogP contribution in [0.5, 0.6) is 5.75 Å². The second kappa shape index (κ2) is 9.15. The highest BCUT2D eigenvalue weighted by Gasteiger charge is 2.41. The molecule has 1 fully saturated rings. The molecule has 3 N–H and O–H groups in total. The summed E-state index contributed by atoms with van der Waals surface area (Å²) in [7, 11) is 2.62. The number of nitrogens with zero attached hydrogens (tertiary/aromatic N) is 2. The lowest BCUT2D eigenvalue weighted by molar-refractivity contribution is -0.126. The molecule has 2 aliphatic heterocycles. The zero-order valence-electron chi connectivity index (χ0n) is 18.5. The minimum absolute atomic E-state index is 0.00618. The van der Waals surface area contributed by atoms with Gasteiger partial charge in [-0.15, -0.1) is 0 Å². The zero-order chi connectivity index (χ0) is 23.7. The van der Waals surface area contributed by atoms with Crippen molar-refractivity contribution in [3.05, 3.63) is 53.6 Å². The quantitative estimate of drug-likeness (QED) is 0.577. The van der Waals surface area contributed by atoms with E-state index in [-0.39, 0.29) is 35.5 Å². The minimum atomic E-state index is -1.26. The van der Waals surface area contributed by atoms with Gasteiger partial charge in [-0.1, -0.05) is 12.1 Å². The Hall–Kier alpha value is -3.53. The molecule has 0 aliphatic carbocycles. The zero-order valence-corrected chi connectivity index (χ0v) is 18.5. The number of urea groups is 1. The lowest BCUT2D eigenvalue weighted by Crippen LogP contribution is -2.54. The normalized spacial score (nSPS) is 17.5. The number of likely N-dealkylation sites (tertiary alicyclic amines) is 1. The number of carbonyl (C=O) groups excluding carboxylic acids is 2. The van der Waals surface area contributed by atoms with Crippen LogP contribution in [0.15, 0.2) is 42.5 Å². The van der Waals surface area contributed by atoms with Gasteiger partial charge < -0.3 is 29.9 Å². The average Bonchev–Trinajstić information content (AvgIpc) is 2.73. The molecule has 2 heterocycles. The Morgan fingerprint density at radius 2 is 1.85 bits per heavy atom. The Morgan fingerprint density at radius 1 is 1.15 bits per heavy atom. The number of rotatable bonds is 6. The fourth-order valence-corrected chi connectivity index (χ4v) is 4.14. The molecule has 2 aliphatic rings. The standard InChI is InChI=1S/C23H26BN3O6/c1-26(2)18-8-6-17(7-9-18)25-23(31)27-12-15(13-27)20(28)11-16-10-14-4-3-5-19(22(29)30)21(14)33-24(16)32/h3-9,15-16,32H,10-13H2,1-2H3,(H,25,31)(H,29,30)/t16-/m1/s1. The van der Waals surface area contributed by atoms with E-state index in [1.165, 1.54) is 6.07 Å². The Bertz CT molecular complexity index is 1070. The van der Waals surface area contributed by atoms with Gasteiger partial charge in [0.15, 0.2) is 0 Å². The average molecular weight is 451 g/mol. The van der Waals surface area contributed by atoms with Crippen molar-refractivity contribution in [1.29, 1.82) is 0 Å². The molecular weight excluding hydrogens is 425 g/mol. The number of amides is 2. The highest BCUT2D eigenvalue weighted by atomic mass is 16.5. The van der Waals surface area contributed by atoms with Crippen LogP contribution in [0.2, 0.25) is 5.82 Å². The van der Waals surface area contributed by atoms with E-state index in [0.717, 1.165) is 5.69 Å². The van der Waals surface area contributed by atoms with E-state index in [1.807, 2.05) is 43.3 Å². The van der Waals surface area contributed by atoms with Crippen molar-refractivity contribution in [1.82, 2.24) is 4.90 Å². The van der Waals surface area contributed by atoms with Crippen molar-refractivity contribution in [2.45, 2.75) is 18.7 Å². The molecule has 0 saturated carbocycles. The summed E-state index contributed by atoms with van der Waals surface area (Å²) in [5, 5.41) is 22.5. The second-order valence-corrected chi connectivity index (χ2v) is 8.72. The molecule has 1 saturated heterocycles. The van der Waals surface area contributed by atoms with Crippen LogP contribution in [0.4, 0.5) is 16.2 Å². The maximum absolute atomic E-state index is 12.7. The first-order valence-electron chi connectivity index (χ1n) is 10.8. The minimum Gasteiger partial charge on any atom is -0.535 e. The number of ketones is 1. The number of para-hydroxylation sites is 1. The van der Waals surface area contributed by atoms with Crippen molar-refractivity contribution < 1.29 is 29.2 Å². The SMILES string of the molecule is CN(C)c1ccc(NC(=O)N2CC(C(=O)C[C@H]3Cc4cccc(C(=O)O)c4OB3O)C2)cc1. The molecular formula is C23H26BN3O6. The number of hydrogen-bond acceptors (Lipinski definition) is 6. The van der Waals surface area contributed by atoms with Crippen molar-refractivity contribution in [2.75, 3.05) is 37.4 Å². The number of carboxylic acid groups (broad SMARTS) is 1. The van der Waals surface area contributed by atoms with Crippen LogP contribution in [0, 0.1) is 5.92 Å². The van der Waals surface area contributed by atoms with Gasteiger partial charge >= 0.3 is 19.1 Å². The van der Waals surface area contributed by atoms with Crippen LogP contribution in [0.25, 0.3) is 0 Å². The Morgan fingerprint density at radius 3 is 2.48 bits per heavy atom. The molecule has 9 nitrogen and oxygen atoms in total. The third-order valence-electron chi connectivity index (χ3n) is 6.17. The number of benzene rings is 2. The van der Waals surface area contributed by atoms with E-state index in [2.05, 4.69) is 5.32 Å². The first kappa shape index (κ1) is 22.7. The monoisotopic (exact) mass is 451 g/mol. The van der Waals surface area contributed by atoms with Crippen molar-refractivity contribution in [3.63, 3.8) is 0 Å². The molecule has 2 amide bonds.